The molecule has 0 atom stereocenters. The minimum Gasteiger partial charge on any atom is -0.289 e. The van der Waals surface area contributed by atoms with Crippen LogP contribution in [0.3, 0.4) is 0 Å². The van der Waals surface area contributed by atoms with Crippen LogP contribution in [-0.2, 0) is 5.41 Å². The molecular formula is C18H20O. The highest BCUT2D eigenvalue weighted by atomic mass is 16.1. The monoisotopic (exact) mass is 252 g/mol. The number of benzene rings is 2. The van der Waals surface area contributed by atoms with Crippen LogP contribution in [0.1, 0.15) is 48.7 Å². The summed E-state index contributed by atoms with van der Waals surface area (Å²) in [6.07, 6.45) is 1.05. The largest absolute Gasteiger partial charge is 0.289 e. The molecule has 0 N–H and O–H groups in total. The molecule has 0 bridgehead atoms. The van der Waals surface area contributed by atoms with Crippen molar-refractivity contribution in [2.45, 2.75) is 32.6 Å². The van der Waals surface area contributed by atoms with Gasteiger partial charge in [-0.05, 0) is 23.5 Å². The predicted molar refractivity (Wildman–Crippen MR) is 79.6 cm³/mol. The summed E-state index contributed by atoms with van der Waals surface area (Å²) in [5, 5.41) is 0. The van der Waals surface area contributed by atoms with Gasteiger partial charge in [0.05, 0.1) is 0 Å². The Hall–Kier alpha value is -1.89. The number of rotatable bonds is 4. The SMILES string of the molecule is CCC(C)(C)c1cccc(C(=O)c2ccccc2)c1. The van der Waals surface area contributed by atoms with Crippen molar-refractivity contribution in [2.75, 3.05) is 0 Å². The van der Waals surface area contributed by atoms with Crippen molar-refractivity contribution in [3.05, 3.63) is 71.3 Å². The molecule has 0 saturated carbocycles. The molecule has 0 spiro atoms. The summed E-state index contributed by atoms with van der Waals surface area (Å²) in [5.74, 6) is 0.0920. The fourth-order valence-electron chi connectivity index (χ4n) is 2.04. The molecule has 0 unspecified atom stereocenters. The van der Waals surface area contributed by atoms with Gasteiger partial charge in [-0.15, -0.1) is 0 Å². The van der Waals surface area contributed by atoms with Crippen molar-refractivity contribution in [3.63, 3.8) is 0 Å². The molecule has 0 amide bonds. The van der Waals surface area contributed by atoms with E-state index in [2.05, 4.69) is 26.8 Å². The lowest BCUT2D eigenvalue weighted by molar-refractivity contribution is 0.103. The van der Waals surface area contributed by atoms with E-state index >= 15 is 0 Å². The Morgan fingerprint density at radius 3 is 2.21 bits per heavy atom. The summed E-state index contributed by atoms with van der Waals surface area (Å²) in [7, 11) is 0. The topological polar surface area (TPSA) is 17.1 Å². The molecule has 0 aliphatic heterocycles. The summed E-state index contributed by atoms with van der Waals surface area (Å²) in [4.78, 5) is 12.4. The van der Waals surface area contributed by atoms with Crippen LogP contribution < -0.4 is 0 Å². The zero-order chi connectivity index (χ0) is 13.9. The van der Waals surface area contributed by atoms with Crippen molar-refractivity contribution in [1.82, 2.24) is 0 Å². The third-order valence-corrected chi connectivity index (χ3v) is 3.83. The fraction of sp³-hybridized carbons (Fsp3) is 0.278. The average Bonchev–Trinajstić information content (AvgIpc) is 2.47. The summed E-state index contributed by atoms with van der Waals surface area (Å²) in [6, 6.07) is 17.4. The van der Waals surface area contributed by atoms with Gasteiger partial charge in [-0.1, -0.05) is 69.3 Å². The van der Waals surface area contributed by atoms with Crippen LogP contribution in [0.4, 0.5) is 0 Å². The van der Waals surface area contributed by atoms with E-state index in [4.69, 9.17) is 0 Å². The van der Waals surface area contributed by atoms with Gasteiger partial charge in [-0.2, -0.15) is 0 Å². The zero-order valence-electron chi connectivity index (χ0n) is 11.8. The van der Waals surface area contributed by atoms with Crippen LogP contribution in [-0.4, -0.2) is 5.78 Å². The van der Waals surface area contributed by atoms with E-state index in [9.17, 15) is 4.79 Å². The number of hydrogen-bond acceptors (Lipinski definition) is 1. The molecule has 0 aromatic heterocycles. The maximum absolute atomic E-state index is 12.4. The molecule has 0 radical (unpaired) electrons. The van der Waals surface area contributed by atoms with E-state index in [-0.39, 0.29) is 11.2 Å². The zero-order valence-corrected chi connectivity index (χ0v) is 11.8. The van der Waals surface area contributed by atoms with E-state index in [0.717, 1.165) is 17.5 Å². The third kappa shape index (κ3) is 2.93. The second-order valence-electron chi connectivity index (χ2n) is 5.51. The van der Waals surface area contributed by atoms with Gasteiger partial charge in [0.1, 0.15) is 0 Å². The predicted octanol–water partition coefficient (Wildman–Crippen LogP) is 4.61. The van der Waals surface area contributed by atoms with Crippen LogP contribution in [0.5, 0.6) is 0 Å². The molecular weight excluding hydrogens is 232 g/mol. The normalized spacial score (nSPS) is 11.3. The fourth-order valence-corrected chi connectivity index (χ4v) is 2.04. The van der Waals surface area contributed by atoms with Crippen LogP contribution in [0.2, 0.25) is 0 Å². The van der Waals surface area contributed by atoms with E-state index in [1.165, 1.54) is 5.56 Å². The number of hydrogen-bond donors (Lipinski definition) is 0. The van der Waals surface area contributed by atoms with Crippen LogP contribution in [0.15, 0.2) is 54.6 Å². The van der Waals surface area contributed by atoms with E-state index in [1.807, 2.05) is 48.5 Å². The summed E-state index contributed by atoms with van der Waals surface area (Å²) < 4.78 is 0. The molecule has 0 heterocycles. The Morgan fingerprint density at radius 1 is 0.947 bits per heavy atom. The van der Waals surface area contributed by atoms with Gasteiger partial charge in [0.25, 0.3) is 0 Å². The van der Waals surface area contributed by atoms with E-state index in [1.54, 1.807) is 0 Å². The second-order valence-corrected chi connectivity index (χ2v) is 5.51. The van der Waals surface area contributed by atoms with Gasteiger partial charge < -0.3 is 0 Å². The van der Waals surface area contributed by atoms with Crippen molar-refractivity contribution in [2.24, 2.45) is 0 Å². The summed E-state index contributed by atoms with van der Waals surface area (Å²) in [5.41, 5.74) is 2.84. The molecule has 2 aromatic carbocycles. The lowest BCUT2D eigenvalue weighted by atomic mass is 9.81. The number of ketones is 1. The first-order valence-electron chi connectivity index (χ1n) is 6.75. The first kappa shape index (κ1) is 13.5. The van der Waals surface area contributed by atoms with Crippen molar-refractivity contribution in [1.29, 1.82) is 0 Å². The van der Waals surface area contributed by atoms with Gasteiger partial charge in [0, 0.05) is 11.1 Å². The van der Waals surface area contributed by atoms with Crippen LogP contribution in [0.25, 0.3) is 0 Å². The van der Waals surface area contributed by atoms with E-state index < -0.39 is 0 Å². The molecule has 2 rings (SSSR count). The Labute approximate surface area is 115 Å². The first-order valence-corrected chi connectivity index (χ1v) is 6.75. The molecule has 1 heteroatoms. The van der Waals surface area contributed by atoms with Gasteiger partial charge in [-0.3, -0.25) is 4.79 Å². The molecule has 0 fully saturated rings. The highest BCUT2D eigenvalue weighted by molar-refractivity contribution is 6.09. The van der Waals surface area contributed by atoms with E-state index in [0.29, 0.717) is 0 Å². The Bertz CT molecular complexity index is 567. The maximum Gasteiger partial charge on any atom is 0.193 e. The number of carbonyl (C=O) groups is 1. The van der Waals surface area contributed by atoms with Crippen LogP contribution >= 0.6 is 0 Å². The first-order chi connectivity index (χ1) is 9.04. The molecule has 2 aromatic rings. The van der Waals surface area contributed by atoms with Gasteiger partial charge in [-0.25, -0.2) is 0 Å². The minimum atomic E-state index is 0.0920. The van der Waals surface area contributed by atoms with Gasteiger partial charge >= 0.3 is 0 Å². The van der Waals surface area contributed by atoms with Crippen molar-refractivity contribution >= 4 is 5.78 Å². The number of carbonyl (C=O) groups excluding carboxylic acids is 1. The van der Waals surface area contributed by atoms with Crippen molar-refractivity contribution in [3.8, 4) is 0 Å². The Morgan fingerprint density at radius 2 is 1.58 bits per heavy atom. The summed E-state index contributed by atoms with van der Waals surface area (Å²) in [6.45, 7) is 6.59. The highest BCUT2D eigenvalue weighted by Gasteiger charge is 2.19. The molecule has 0 saturated heterocycles. The third-order valence-electron chi connectivity index (χ3n) is 3.83. The summed E-state index contributed by atoms with van der Waals surface area (Å²) >= 11 is 0. The maximum atomic E-state index is 12.4. The smallest absolute Gasteiger partial charge is 0.193 e. The standard InChI is InChI=1S/C18H20O/c1-4-18(2,3)16-12-8-11-15(13-16)17(19)14-9-6-5-7-10-14/h5-13H,4H2,1-3H3. The molecule has 1 nitrogen and oxygen atoms in total. The molecule has 0 aliphatic carbocycles. The average molecular weight is 252 g/mol. The lowest BCUT2D eigenvalue weighted by Crippen LogP contribution is -2.16. The second kappa shape index (κ2) is 5.40. The highest BCUT2D eigenvalue weighted by Crippen LogP contribution is 2.27. The Balaban J connectivity index is 2.37. The Kier molecular flexibility index (Phi) is 3.84. The van der Waals surface area contributed by atoms with Crippen molar-refractivity contribution < 1.29 is 4.79 Å². The quantitative estimate of drug-likeness (QED) is 0.726. The minimum absolute atomic E-state index is 0.0920. The van der Waals surface area contributed by atoms with Gasteiger partial charge in [0.15, 0.2) is 5.78 Å². The molecule has 19 heavy (non-hydrogen) atoms. The molecule has 0 aliphatic rings. The molecule has 98 valence electrons. The van der Waals surface area contributed by atoms with Gasteiger partial charge in [0.2, 0.25) is 0 Å². The lowest BCUT2D eigenvalue weighted by Gasteiger charge is -2.23. The van der Waals surface area contributed by atoms with Crippen LogP contribution in [0, 0.1) is 0 Å².